The van der Waals surface area contributed by atoms with E-state index in [1.54, 1.807) is 12.3 Å². The number of carbonyl (C=O) groups is 1. The largest absolute Gasteiger partial charge is 0.502 e. The number of rotatable bonds is 6. The van der Waals surface area contributed by atoms with Gasteiger partial charge in [-0.05, 0) is 11.6 Å². The molecule has 27 heavy (non-hydrogen) atoms. The van der Waals surface area contributed by atoms with Gasteiger partial charge in [0.1, 0.15) is 12.1 Å². The van der Waals surface area contributed by atoms with Gasteiger partial charge in [-0.25, -0.2) is 4.98 Å². The second-order valence-corrected chi connectivity index (χ2v) is 6.00. The molecule has 3 rings (SSSR count). The highest BCUT2D eigenvalue weighted by molar-refractivity contribution is 5.91. The number of amides is 1. The third-order valence-electron chi connectivity index (χ3n) is 3.97. The first-order chi connectivity index (χ1) is 13.0. The molecule has 0 bridgehead atoms. The lowest BCUT2D eigenvalue weighted by atomic mass is 10.2. The van der Waals surface area contributed by atoms with Crippen LogP contribution in [0.25, 0.3) is 0 Å². The van der Waals surface area contributed by atoms with E-state index in [1.807, 2.05) is 48.3 Å². The van der Waals surface area contributed by atoms with Crippen LogP contribution in [0.2, 0.25) is 0 Å². The fraction of sp³-hybridized carbons (Fsp3) is 0.150. The summed E-state index contributed by atoms with van der Waals surface area (Å²) in [6.45, 7) is 0.886. The van der Waals surface area contributed by atoms with Crippen LogP contribution in [0.4, 0.5) is 5.82 Å². The molecule has 0 saturated carbocycles. The Labute approximate surface area is 155 Å². The average Bonchev–Trinajstić information content (AvgIpc) is 2.69. The van der Waals surface area contributed by atoms with Gasteiger partial charge >= 0.3 is 0 Å². The quantitative estimate of drug-likeness (QED) is 0.696. The van der Waals surface area contributed by atoms with Crippen molar-refractivity contribution in [3.05, 3.63) is 88.1 Å². The monoisotopic (exact) mass is 365 g/mol. The van der Waals surface area contributed by atoms with Crippen molar-refractivity contribution < 1.29 is 14.3 Å². The van der Waals surface area contributed by atoms with Crippen molar-refractivity contribution in [2.45, 2.75) is 13.1 Å². The fourth-order valence-corrected chi connectivity index (χ4v) is 2.63. The minimum absolute atomic E-state index is 0.166. The van der Waals surface area contributed by atoms with Crippen LogP contribution in [0.3, 0.4) is 0 Å². The minimum Gasteiger partial charge on any atom is -0.502 e. The van der Waals surface area contributed by atoms with Crippen LogP contribution < -0.4 is 15.6 Å². The van der Waals surface area contributed by atoms with Gasteiger partial charge in [0.2, 0.25) is 5.43 Å². The van der Waals surface area contributed by atoms with Crippen LogP contribution in [-0.4, -0.2) is 23.0 Å². The van der Waals surface area contributed by atoms with E-state index < -0.39 is 17.1 Å². The summed E-state index contributed by atoms with van der Waals surface area (Å²) in [4.78, 5) is 30.0. The fourth-order valence-electron chi connectivity index (χ4n) is 2.63. The van der Waals surface area contributed by atoms with E-state index in [-0.39, 0.29) is 12.3 Å². The molecule has 2 N–H and O–H groups in total. The first-order valence-corrected chi connectivity index (χ1v) is 8.33. The minimum atomic E-state index is -0.670. The van der Waals surface area contributed by atoms with Gasteiger partial charge in [0, 0.05) is 38.0 Å². The predicted molar refractivity (Wildman–Crippen MR) is 101 cm³/mol. The summed E-state index contributed by atoms with van der Waals surface area (Å²) in [5, 5.41) is 11.9. The maximum absolute atomic E-state index is 12.2. The highest BCUT2D eigenvalue weighted by Gasteiger charge is 2.14. The van der Waals surface area contributed by atoms with Crippen molar-refractivity contribution in [3.63, 3.8) is 0 Å². The molecule has 3 aromatic rings. The van der Waals surface area contributed by atoms with E-state index >= 15 is 0 Å². The van der Waals surface area contributed by atoms with Gasteiger partial charge in [-0.15, -0.1) is 0 Å². The first kappa shape index (κ1) is 18.2. The number of nitrogens with zero attached hydrogens (tertiary/aromatic N) is 2. The summed E-state index contributed by atoms with van der Waals surface area (Å²) >= 11 is 0. The Bertz CT molecular complexity index is 986. The number of aromatic nitrogens is 1. The molecule has 0 atom stereocenters. The molecule has 0 aliphatic heterocycles. The van der Waals surface area contributed by atoms with Crippen LogP contribution in [0.15, 0.2) is 70.2 Å². The Morgan fingerprint density at radius 3 is 2.74 bits per heavy atom. The third-order valence-corrected chi connectivity index (χ3v) is 3.97. The Balaban J connectivity index is 1.71. The summed E-state index contributed by atoms with van der Waals surface area (Å²) in [5.41, 5.74) is 1.30. The summed E-state index contributed by atoms with van der Waals surface area (Å²) in [6, 6.07) is 14.6. The molecule has 7 heteroatoms. The van der Waals surface area contributed by atoms with Crippen molar-refractivity contribution in [3.8, 4) is 5.75 Å². The maximum Gasteiger partial charge on any atom is 0.287 e. The van der Waals surface area contributed by atoms with Crippen molar-refractivity contribution in [1.29, 1.82) is 0 Å². The molecule has 0 aliphatic carbocycles. The zero-order chi connectivity index (χ0) is 19.2. The highest BCUT2D eigenvalue weighted by atomic mass is 16.4. The second kappa shape index (κ2) is 8.18. The molecule has 2 aromatic heterocycles. The van der Waals surface area contributed by atoms with Crippen molar-refractivity contribution in [2.75, 3.05) is 11.9 Å². The van der Waals surface area contributed by atoms with Crippen LogP contribution in [0.1, 0.15) is 21.7 Å². The van der Waals surface area contributed by atoms with Crippen LogP contribution in [0, 0.1) is 0 Å². The Kier molecular flexibility index (Phi) is 5.51. The van der Waals surface area contributed by atoms with Crippen LogP contribution >= 0.6 is 0 Å². The van der Waals surface area contributed by atoms with Crippen LogP contribution in [-0.2, 0) is 13.1 Å². The number of hydrogen-bond donors (Lipinski definition) is 2. The van der Waals surface area contributed by atoms with E-state index in [9.17, 15) is 14.7 Å². The number of pyridine rings is 1. The summed E-state index contributed by atoms with van der Waals surface area (Å²) in [7, 11) is 1.93. The molecular formula is C20H19N3O4. The predicted octanol–water partition coefficient (Wildman–Crippen LogP) is 2.31. The number of benzene rings is 1. The second-order valence-electron chi connectivity index (χ2n) is 6.00. The molecule has 0 radical (unpaired) electrons. The zero-order valence-electron chi connectivity index (χ0n) is 14.8. The van der Waals surface area contributed by atoms with Gasteiger partial charge in [-0.2, -0.15) is 0 Å². The molecule has 0 aliphatic rings. The Hall–Kier alpha value is -3.61. The normalized spacial score (nSPS) is 10.4. The van der Waals surface area contributed by atoms with Crippen molar-refractivity contribution >= 4 is 11.7 Å². The molecule has 0 saturated heterocycles. The molecule has 0 spiro atoms. The summed E-state index contributed by atoms with van der Waals surface area (Å²) < 4.78 is 4.96. The molecule has 2 heterocycles. The molecule has 0 fully saturated rings. The Morgan fingerprint density at radius 2 is 2.00 bits per heavy atom. The van der Waals surface area contributed by atoms with Gasteiger partial charge in [-0.3, -0.25) is 9.59 Å². The molecular weight excluding hydrogens is 346 g/mol. The molecule has 1 amide bonds. The lowest BCUT2D eigenvalue weighted by molar-refractivity contribution is 0.0920. The number of aromatic hydroxyl groups is 1. The first-order valence-electron chi connectivity index (χ1n) is 8.33. The number of hydrogen-bond acceptors (Lipinski definition) is 6. The van der Waals surface area contributed by atoms with Gasteiger partial charge in [0.05, 0.1) is 0 Å². The molecule has 7 nitrogen and oxygen atoms in total. The van der Waals surface area contributed by atoms with E-state index in [0.717, 1.165) is 29.3 Å². The third kappa shape index (κ3) is 4.52. The summed E-state index contributed by atoms with van der Waals surface area (Å²) in [6.07, 6.45) is 2.54. The average molecular weight is 365 g/mol. The van der Waals surface area contributed by atoms with Gasteiger partial charge < -0.3 is 19.7 Å². The highest BCUT2D eigenvalue weighted by Crippen LogP contribution is 2.18. The summed E-state index contributed by atoms with van der Waals surface area (Å²) in [5.74, 6) is -0.508. The zero-order valence-corrected chi connectivity index (χ0v) is 14.8. The molecule has 138 valence electrons. The lowest BCUT2D eigenvalue weighted by Gasteiger charge is -2.21. The van der Waals surface area contributed by atoms with Gasteiger partial charge in [-0.1, -0.05) is 36.4 Å². The number of carbonyl (C=O) groups excluding carboxylic acids is 1. The smallest absolute Gasteiger partial charge is 0.287 e. The number of nitrogens with one attached hydrogen (secondary N) is 1. The van der Waals surface area contributed by atoms with E-state index in [4.69, 9.17) is 4.42 Å². The van der Waals surface area contributed by atoms with Crippen molar-refractivity contribution in [2.24, 2.45) is 0 Å². The van der Waals surface area contributed by atoms with E-state index in [1.165, 1.54) is 0 Å². The number of anilines is 1. The molecule has 0 unspecified atom stereocenters. The standard InChI is InChI=1S/C20H19N3O4/c1-23(12-14-6-3-2-4-7-14)19-15(8-5-9-21-19)11-22-20(26)18-10-16(24)17(25)13-27-18/h2-10,13,25H,11-12H2,1H3,(H,22,26). The van der Waals surface area contributed by atoms with Crippen molar-refractivity contribution in [1.82, 2.24) is 10.3 Å². The topological polar surface area (TPSA) is 95.7 Å². The maximum atomic E-state index is 12.2. The lowest BCUT2D eigenvalue weighted by Crippen LogP contribution is -2.26. The van der Waals surface area contributed by atoms with Crippen LogP contribution in [0.5, 0.6) is 5.75 Å². The van der Waals surface area contributed by atoms with E-state index in [0.29, 0.717) is 6.54 Å². The van der Waals surface area contributed by atoms with E-state index in [2.05, 4.69) is 10.3 Å². The molecule has 1 aromatic carbocycles. The SMILES string of the molecule is CN(Cc1ccccc1)c1ncccc1CNC(=O)c1cc(=O)c(O)co1. The van der Waals surface area contributed by atoms with Gasteiger partial charge in [0.15, 0.2) is 11.5 Å². The Morgan fingerprint density at radius 1 is 1.22 bits per heavy atom. The van der Waals surface area contributed by atoms with Gasteiger partial charge in [0.25, 0.3) is 5.91 Å².